The molecule has 0 amide bonds. The summed E-state index contributed by atoms with van der Waals surface area (Å²) >= 11 is 2.50. The van der Waals surface area contributed by atoms with Gasteiger partial charge in [0.25, 0.3) is 0 Å². The van der Waals surface area contributed by atoms with Crippen LogP contribution in [0.4, 0.5) is 0 Å². The molecule has 0 fully saturated rings. The van der Waals surface area contributed by atoms with Crippen LogP contribution in [0.2, 0.25) is 0 Å². The Morgan fingerprint density at radius 3 is 0.661 bits per heavy atom. The zero-order valence-electron chi connectivity index (χ0n) is 33.4. The van der Waals surface area contributed by atoms with Gasteiger partial charge in [-0.05, 0) is 97.6 Å². The van der Waals surface area contributed by atoms with Gasteiger partial charge in [0.1, 0.15) is 14.4 Å². The van der Waals surface area contributed by atoms with Gasteiger partial charge in [0, 0.05) is 46.7 Å². The summed E-state index contributed by atoms with van der Waals surface area (Å²) in [7, 11) is -2.99. The van der Waals surface area contributed by atoms with Crippen molar-refractivity contribution in [1.82, 2.24) is 0 Å². The molecular weight excluding hydrogens is 1050 g/mol. The van der Waals surface area contributed by atoms with E-state index in [2.05, 4.69) is 181 Å². The Bertz CT molecular complexity index is 2220. The summed E-state index contributed by atoms with van der Waals surface area (Å²) in [6.07, 6.45) is 0. The average molecular weight is 1100 g/mol. The average Bonchev–Trinajstić information content (AvgIpc) is 3.32. The van der Waals surface area contributed by atoms with Crippen LogP contribution in [0.3, 0.4) is 0 Å². The fraction of sp³-hybridized carbons (Fsp3) is 0.0385. The molecule has 312 valence electrons. The van der Waals surface area contributed by atoms with E-state index in [0.717, 1.165) is 21.2 Å². The van der Waals surface area contributed by atoms with Crippen LogP contribution < -0.4 is 42.4 Å². The number of nitrogens with zero attached hydrogens (tertiary/aromatic N) is 2. The number of rotatable bonds is 14. The molecule has 0 unspecified atom stereocenters. The van der Waals surface area contributed by atoms with Gasteiger partial charge < -0.3 is 0 Å². The van der Waals surface area contributed by atoms with Crippen LogP contribution in [0.5, 0.6) is 0 Å². The Morgan fingerprint density at radius 1 is 0.306 bits per heavy atom. The second-order valence-electron chi connectivity index (χ2n) is 13.3. The Morgan fingerprint density at radius 2 is 0.484 bits per heavy atom. The van der Waals surface area contributed by atoms with Gasteiger partial charge in [-0.15, -0.1) is 0 Å². The molecule has 0 aliphatic heterocycles. The first-order valence-corrected chi connectivity index (χ1v) is 26.8. The van der Waals surface area contributed by atoms with Crippen molar-refractivity contribution in [3.63, 3.8) is 0 Å². The molecule has 0 heterocycles. The molecule has 0 N–H and O–H groups in total. The standard InChI is InChI=1S/C27H20N2P2S2.C25H22P2.2Pd/c28-21-32-27(33-22-29,30(23-13-5-1-6-14-23)24-15-7-2-8-16-24)31(25-17-9-3-10-18-25)26-19-11-4-12-20-26;1-5-13-22(14-6-1)26(23-15-7-2-8-16-23)21-27(24-17-9-3-10-18-24)25-19-11-4-12-20-25;;/h1-20H;1-20H,21H2;;. The molecule has 8 rings (SSSR count). The number of nitriles is 2. The molecule has 0 bridgehead atoms. The summed E-state index contributed by atoms with van der Waals surface area (Å²) in [5.41, 5.74) is 0. The summed E-state index contributed by atoms with van der Waals surface area (Å²) in [5.74, 6) is 1.17. The fourth-order valence-electron chi connectivity index (χ4n) is 6.88. The summed E-state index contributed by atoms with van der Waals surface area (Å²) < 4.78 is -0.709. The summed E-state index contributed by atoms with van der Waals surface area (Å²) in [4.78, 5) is 0. The summed E-state index contributed by atoms with van der Waals surface area (Å²) in [6.45, 7) is 0. The molecule has 0 saturated heterocycles. The third-order valence-electron chi connectivity index (χ3n) is 9.53. The van der Waals surface area contributed by atoms with E-state index in [-0.39, 0.29) is 40.8 Å². The summed E-state index contributed by atoms with van der Waals surface area (Å²) in [5, 5.41) is 35.5. The van der Waals surface area contributed by atoms with Crippen molar-refractivity contribution in [3.8, 4) is 10.8 Å². The molecule has 0 radical (unpaired) electrons. The molecule has 0 aromatic heterocycles. The van der Waals surface area contributed by atoms with Crippen molar-refractivity contribution in [1.29, 1.82) is 10.5 Å². The third-order valence-corrected chi connectivity index (χ3v) is 25.6. The molecule has 0 atom stereocenters. The SMILES string of the molecule is N#CSC(SC#N)(P(c1ccccc1)c1ccccc1)P(c1ccccc1)c1ccccc1.[Pd].[Pd].c1ccc(P(CP(c2ccccc2)c2ccccc2)c2ccccc2)cc1. The molecule has 62 heavy (non-hydrogen) atoms. The van der Waals surface area contributed by atoms with Crippen LogP contribution in [-0.4, -0.2) is 9.46 Å². The van der Waals surface area contributed by atoms with Crippen molar-refractivity contribution in [3.05, 3.63) is 243 Å². The molecule has 8 aromatic carbocycles. The first kappa shape index (κ1) is 49.5. The van der Waals surface area contributed by atoms with E-state index in [1.807, 2.05) is 72.8 Å². The van der Waals surface area contributed by atoms with Crippen LogP contribution in [-0.2, 0) is 40.8 Å². The number of thioether (sulfide) groups is 2. The second kappa shape index (κ2) is 26.3. The minimum atomic E-state index is -1.09. The van der Waals surface area contributed by atoms with Gasteiger partial charge in [-0.1, -0.05) is 243 Å². The maximum Gasteiger partial charge on any atom is 0.143 e. The monoisotopic (exact) mass is 1090 g/mol. The Kier molecular flexibility index (Phi) is 21.0. The maximum absolute atomic E-state index is 10.1. The zero-order valence-corrected chi connectivity index (χ0v) is 41.8. The predicted octanol–water partition coefficient (Wildman–Crippen LogP) is 11.5. The van der Waals surface area contributed by atoms with Crippen molar-refractivity contribution in [2.45, 2.75) is 3.56 Å². The van der Waals surface area contributed by atoms with E-state index >= 15 is 0 Å². The van der Waals surface area contributed by atoms with Crippen molar-refractivity contribution >= 4 is 97.6 Å². The van der Waals surface area contributed by atoms with E-state index < -0.39 is 35.2 Å². The van der Waals surface area contributed by atoms with Crippen molar-refractivity contribution < 1.29 is 40.8 Å². The molecule has 0 aliphatic carbocycles. The number of hydrogen-bond acceptors (Lipinski definition) is 4. The van der Waals surface area contributed by atoms with Crippen LogP contribution in [0.25, 0.3) is 0 Å². The minimum absolute atomic E-state index is 0. The van der Waals surface area contributed by atoms with Gasteiger partial charge in [0.05, 0.1) is 0 Å². The molecule has 8 aromatic rings. The Hall–Kier alpha value is -3.52. The van der Waals surface area contributed by atoms with E-state index in [1.165, 1.54) is 50.6 Å². The largest absolute Gasteiger partial charge is 0.185 e. The van der Waals surface area contributed by atoms with Gasteiger partial charge >= 0.3 is 0 Å². The van der Waals surface area contributed by atoms with E-state index in [1.54, 1.807) is 0 Å². The maximum atomic E-state index is 10.1. The van der Waals surface area contributed by atoms with Crippen LogP contribution in [0.15, 0.2) is 243 Å². The number of benzene rings is 8. The third kappa shape index (κ3) is 12.8. The normalized spacial score (nSPS) is 10.7. The van der Waals surface area contributed by atoms with Gasteiger partial charge in [-0.3, -0.25) is 0 Å². The first-order chi connectivity index (χ1) is 29.7. The molecule has 0 aliphatic rings. The molecule has 0 saturated carbocycles. The smallest absolute Gasteiger partial charge is 0.143 e. The molecular formula is C52H42N2P4Pd2S2. The van der Waals surface area contributed by atoms with E-state index in [4.69, 9.17) is 0 Å². The topological polar surface area (TPSA) is 47.6 Å². The number of thiocyanates is 2. The van der Waals surface area contributed by atoms with Crippen LogP contribution >= 0.6 is 55.2 Å². The molecule has 2 nitrogen and oxygen atoms in total. The molecule has 10 heteroatoms. The molecule has 0 spiro atoms. The second-order valence-corrected chi connectivity index (χ2v) is 26.8. The predicted molar refractivity (Wildman–Crippen MR) is 270 cm³/mol. The van der Waals surface area contributed by atoms with Crippen molar-refractivity contribution in [2.24, 2.45) is 0 Å². The van der Waals surface area contributed by atoms with E-state index in [9.17, 15) is 10.5 Å². The first-order valence-electron chi connectivity index (χ1n) is 19.4. The van der Waals surface area contributed by atoms with Gasteiger partial charge in [0.2, 0.25) is 0 Å². The van der Waals surface area contributed by atoms with E-state index in [0.29, 0.717) is 0 Å². The Balaban J connectivity index is 0.000000231. The minimum Gasteiger partial charge on any atom is -0.185 e. The van der Waals surface area contributed by atoms with Gasteiger partial charge in [-0.25, -0.2) is 0 Å². The Labute approximate surface area is 408 Å². The van der Waals surface area contributed by atoms with Gasteiger partial charge in [-0.2, -0.15) is 10.5 Å². The summed E-state index contributed by atoms with van der Waals surface area (Å²) in [6, 6.07) is 85.6. The van der Waals surface area contributed by atoms with Crippen molar-refractivity contribution in [2.75, 3.05) is 5.90 Å². The van der Waals surface area contributed by atoms with Crippen LogP contribution in [0.1, 0.15) is 0 Å². The fourth-order valence-corrected chi connectivity index (χ4v) is 24.4. The quantitative estimate of drug-likeness (QED) is 0.0471. The zero-order chi connectivity index (χ0) is 41.2. The number of hydrogen-bond donors (Lipinski definition) is 0. The van der Waals surface area contributed by atoms with Gasteiger partial charge in [0.15, 0.2) is 0 Å². The van der Waals surface area contributed by atoms with Crippen LogP contribution in [0, 0.1) is 21.3 Å².